The standard InChI is InChI=1S/C12H14N4O2S/c1-8-4-5-13-10(9(8)16(17)18)15-12(2,3)11-14-6-7-19-11/h4-7H,1-3H3,(H,13,15). The van der Waals surface area contributed by atoms with Crippen molar-refractivity contribution < 1.29 is 4.92 Å². The van der Waals surface area contributed by atoms with Gasteiger partial charge in [-0.3, -0.25) is 10.1 Å². The molecule has 0 aliphatic heterocycles. The van der Waals surface area contributed by atoms with Crippen molar-refractivity contribution in [3.63, 3.8) is 0 Å². The molecule has 2 heterocycles. The van der Waals surface area contributed by atoms with Crippen molar-refractivity contribution in [3.05, 3.63) is 44.5 Å². The van der Waals surface area contributed by atoms with Crippen LogP contribution in [0.5, 0.6) is 0 Å². The SMILES string of the molecule is Cc1ccnc(NC(C)(C)c2nccs2)c1[N+](=O)[O-]. The number of nitrogens with zero attached hydrogens (tertiary/aromatic N) is 3. The quantitative estimate of drug-likeness (QED) is 0.686. The number of nitro groups is 1. The highest BCUT2D eigenvalue weighted by Gasteiger charge is 2.28. The van der Waals surface area contributed by atoms with Crippen LogP contribution in [0.2, 0.25) is 0 Å². The Bertz CT molecular complexity index is 596. The van der Waals surface area contributed by atoms with Crippen LogP contribution >= 0.6 is 11.3 Å². The summed E-state index contributed by atoms with van der Waals surface area (Å²) in [7, 11) is 0. The molecular formula is C12H14N4O2S. The van der Waals surface area contributed by atoms with Crippen LogP contribution < -0.4 is 5.32 Å². The van der Waals surface area contributed by atoms with Gasteiger partial charge in [0.25, 0.3) is 0 Å². The first-order valence-corrected chi connectivity index (χ1v) is 6.58. The van der Waals surface area contributed by atoms with Gasteiger partial charge in [-0.1, -0.05) is 0 Å². The second-order valence-corrected chi connectivity index (χ2v) is 5.56. The maximum Gasteiger partial charge on any atom is 0.314 e. The molecule has 0 aliphatic rings. The first-order valence-electron chi connectivity index (χ1n) is 5.70. The van der Waals surface area contributed by atoms with E-state index in [1.54, 1.807) is 25.4 Å². The van der Waals surface area contributed by atoms with Crippen LogP contribution in [0.15, 0.2) is 23.8 Å². The summed E-state index contributed by atoms with van der Waals surface area (Å²) in [6.07, 6.45) is 3.27. The first-order chi connectivity index (χ1) is 8.92. The van der Waals surface area contributed by atoms with Gasteiger partial charge < -0.3 is 5.32 Å². The molecule has 6 nitrogen and oxygen atoms in total. The molecule has 0 bridgehead atoms. The molecule has 7 heteroatoms. The molecule has 0 aliphatic carbocycles. The van der Waals surface area contributed by atoms with E-state index in [-0.39, 0.29) is 11.5 Å². The summed E-state index contributed by atoms with van der Waals surface area (Å²) >= 11 is 1.50. The monoisotopic (exact) mass is 278 g/mol. The van der Waals surface area contributed by atoms with Crippen molar-refractivity contribution in [3.8, 4) is 0 Å². The van der Waals surface area contributed by atoms with Gasteiger partial charge in [0.1, 0.15) is 5.01 Å². The molecular weight excluding hydrogens is 264 g/mol. The number of anilines is 1. The molecule has 2 aromatic heterocycles. The fourth-order valence-electron chi connectivity index (χ4n) is 1.75. The number of nitrogens with one attached hydrogen (secondary N) is 1. The molecule has 1 N–H and O–H groups in total. The summed E-state index contributed by atoms with van der Waals surface area (Å²) < 4.78 is 0. The van der Waals surface area contributed by atoms with Gasteiger partial charge in [0.2, 0.25) is 5.82 Å². The lowest BCUT2D eigenvalue weighted by Gasteiger charge is -2.24. The third-order valence-electron chi connectivity index (χ3n) is 2.71. The summed E-state index contributed by atoms with van der Waals surface area (Å²) in [6.45, 7) is 5.53. The maximum absolute atomic E-state index is 11.1. The minimum absolute atomic E-state index is 0.00660. The zero-order chi connectivity index (χ0) is 14.0. The van der Waals surface area contributed by atoms with E-state index in [1.165, 1.54) is 11.3 Å². The van der Waals surface area contributed by atoms with Crippen LogP contribution in [0.1, 0.15) is 24.4 Å². The van der Waals surface area contributed by atoms with Gasteiger partial charge in [0.05, 0.1) is 10.5 Å². The normalized spacial score (nSPS) is 11.3. The number of thiazole rings is 1. The van der Waals surface area contributed by atoms with Gasteiger partial charge in [0.15, 0.2) is 0 Å². The average Bonchev–Trinajstić information content (AvgIpc) is 2.81. The van der Waals surface area contributed by atoms with Crippen LogP contribution in [0, 0.1) is 17.0 Å². The summed E-state index contributed by atoms with van der Waals surface area (Å²) in [5.74, 6) is 0.269. The van der Waals surface area contributed by atoms with Gasteiger partial charge in [-0.15, -0.1) is 11.3 Å². The van der Waals surface area contributed by atoms with Gasteiger partial charge in [-0.05, 0) is 26.8 Å². The zero-order valence-corrected chi connectivity index (χ0v) is 11.7. The Hall–Kier alpha value is -2.02. The molecule has 0 amide bonds. The minimum Gasteiger partial charge on any atom is -0.353 e. The first kappa shape index (κ1) is 13.4. The van der Waals surface area contributed by atoms with Crippen LogP contribution in [0.3, 0.4) is 0 Å². The molecule has 0 saturated heterocycles. The van der Waals surface area contributed by atoms with E-state index < -0.39 is 10.5 Å². The Balaban J connectivity index is 2.39. The molecule has 0 radical (unpaired) electrons. The van der Waals surface area contributed by atoms with Crippen LogP contribution in [0.4, 0.5) is 11.5 Å². The summed E-state index contributed by atoms with van der Waals surface area (Å²) in [5.41, 5.74) is 0.0734. The molecule has 0 atom stereocenters. The fourth-order valence-corrected chi connectivity index (χ4v) is 2.47. The fraction of sp³-hybridized carbons (Fsp3) is 0.333. The second-order valence-electron chi connectivity index (χ2n) is 4.67. The molecule has 19 heavy (non-hydrogen) atoms. The van der Waals surface area contributed by atoms with Crippen molar-refractivity contribution in [2.45, 2.75) is 26.3 Å². The Morgan fingerprint density at radius 2 is 2.11 bits per heavy atom. The minimum atomic E-state index is -0.514. The molecule has 2 rings (SSSR count). The molecule has 0 fully saturated rings. The number of aromatic nitrogens is 2. The van der Waals surface area contributed by atoms with Gasteiger partial charge in [0, 0.05) is 23.3 Å². The maximum atomic E-state index is 11.1. The van der Waals surface area contributed by atoms with Crippen LogP contribution in [-0.2, 0) is 5.54 Å². The van der Waals surface area contributed by atoms with Crippen LogP contribution in [-0.4, -0.2) is 14.9 Å². The Labute approximate surface area is 114 Å². The number of aryl methyl sites for hydroxylation is 1. The predicted molar refractivity (Wildman–Crippen MR) is 74.4 cm³/mol. The molecule has 0 saturated carbocycles. The smallest absolute Gasteiger partial charge is 0.314 e. The van der Waals surface area contributed by atoms with E-state index in [0.717, 1.165) is 5.01 Å². The molecule has 0 unspecified atom stereocenters. The number of pyridine rings is 1. The predicted octanol–water partition coefficient (Wildman–Crippen LogP) is 3.10. The van der Waals surface area contributed by atoms with Gasteiger partial charge >= 0.3 is 5.69 Å². The average molecular weight is 278 g/mol. The summed E-state index contributed by atoms with van der Waals surface area (Å²) in [5, 5.41) is 17.0. The third-order valence-corrected chi connectivity index (χ3v) is 3.80. The van der Waals surface area contributed by atoms with E-state index in [1.807, 2.05) is 19.2 Å². The van der Waals surface area contributed by atoms with Gasteiger partial charge in [-0.2, -0.15) is 0 Å². The topological polar surface area (TPSA) is 81.0 Å². The van der Waals surface area contributed by atoms with E-state index in [2.05, 4.69) is 15.3 Å². The van der Waals surface area contributed by atoms with Crippen molar-refractivity contribution >= 4 is 22.8 Å². The third kappa shape index (κ3) is 2.70. The Morgan fingerprint density at radius 3 is 2.68 bits per heavy atom. The molecule has 0 spiro atoms. The van der Waals surface area contributed by atoms with E-state index in [4.69, 9.17) is 0 Å². The number of hydrogen-bond donors (Lipinski definition) is 1. The molecule has 2 aromatic rings. The second kappa shape index (κ2) is 4.93. The highest BCUT2D eigenvalue weighted by Crippen LogP contribution is 2.32. The Kier molecular flexibility index (Phi) is 3.48. The summed E-state index contributed by atoms with van der Waals surface area (Å²) in [4.78, 5) is 19.0. The Morgan fingerprint density at radius 1 is 1.37 bits per heavy atom. The highest BCUT2D eigenvalue weighted by molar-refractivity contribution is 7.09. The zero-order valence-electron chi connectivity index (χ0n) is 10.9. The lowest BCUT2D eigenvalue weighted by atomic mass is 10.1. The molecule has 100 valence electrons. The largest absolute Gasteiger partial charge is 0.353 e. The van der Waals surface area contributed by atoms with Gasteiger partial charge in [-0.25, -0.2) is 9.97 Å². The van der Waals surface area contributed by atoms with Crippen molar-refractivity contribution in [2.75, 3.05) is 5.32 Å². The lowest BCUT2D eigenvalue weighted by molar-refractivity contribution is -0.384. The van der Waals surface area contributed by atoms with Crippen molar-refractivity contribution in [1.29, 1.82) is 0 Å². The highest BCUT2D eigenvalue weighted by atomic mass is 32.1. The molecule has 0 aromatic carbocycles. The summed E-state index contributed by atoms with van der Waals surface area (Å²) in [6, 6.07) is 1.62. The van der Waals surface area contributed by atoms with Crippen LogP contribution in [0.25, 0.3) is 0 Å². The van der Waals surface area contributed by atoms with Crippen molar-refractivity contribution in [1.82, 2.24) is 9.97 Å². The number of hydrogen-bond acceptors (Lipinski definition) is 6. The van der Waals surface area contributed by atoms with E-state index >= 15 is 0 Å². The van der Waals surface area contributed by atoms with Crippen molar-refractivity contribution in [2.24, 2.45) is 0 Å². The number of rotatable bonds is 4. The van der Waals surface area contributed by atoms with E-state index in [9.17, 15) is 10.1 Å². The lowest BCUT2D eigenvalue weighted by Crippen LogP contribution is -2.28. The van der Waals surface area contributed by atoms with E-state index in [0.29, 0.717) is 5.56 Å².